The van der Waals surface area contributed by atoms with Crippen LogP contribution in [0.25, 0.3) is 11.1 Å². The summed E-state index contributed by atoms with van der Waals surface area (Å²) in [6, 6.07) is 20.1. The van der Waals surface area contributed by atoms with E-state index >= 15 is 0 Å². The summed E-state index contributed by atoms with van der Waals surface area (Å²) in [5.74, 6) is -0.144. The van der Waals surface area contributed by atoms with Crippen molar-refractivity contribution in [1.82, 2.24) is 4.90 Å². The van der Waals surface area contributed by atoms with Crippen molar-refractivity contribution in [1.29, 1.82) is 5.41 Å². The van der Waals surface area contributed by atoms with Crippen LogP contribution < -0.4 is 10.1 Å². The van der Waals surface area contributed by atoms with Crippen LogP contribution in [0.2, 0.25) is 0 Å². The van der Waals surface area contributed by atoms with Gasteiger partial charge in [-0.25, -0.2) is 13.2 Å². The van der Waals surface area contributed by atoms with E-state index in [1.54, 1.807) is 72.8 Å². The first-order valence-electron chi connectivity index (χ1n) is 13.0. The number of sulfone groups is 1. The third kappa shape index (κ3) is 7.92. The molecule has 3 aromatic carbocycles. The molecule has 10 heteroatoms. The van der Waals surface area contributed by atoms with Gasteiger partial charge in [0.2, 0.25) is 0 Å². The van der Waals surface area contributed by atoms with Crippen molar-refractivity contribution in [3.63, 3.8) is 0 Å². The predicted octanol–water partition coefficient (Wildman–Crippen LogP) is 5.90. The average molecular weight is 566 g/mol. The summed E-state index contributed by atoms with van der Waals surface area (Å²) >= 11 is 0. The van der Waals surface area contributed by atoms with Crippen LogP contribution in [0.1, 0.15) is 39.2 Å². The maximum atomic E-state index is 13.1. The lowest BCUT2D eigenvalue weighted by atomic mass is 10.1. The highest BCUT2D eigenvalue weighted by molar-refractivity contribution is 7.90. The molecule has 3 rings (SSSR count). The highest BCUT2D eigenvalue weighted by Gasteiger charge is 2.23. The molecule has 0 aliphatic heterocycles. The minimum absolute atomic E-state index is 0.0389. The quantitative estimate of drug-likeness (QED) is 0.195. The summed E-state index contributed by atoms with van der Waals surface area (Å²) in [5.41, 5.74) is 2.17. The van der Waals surface area contributed by atoms with E-state index in [0.29, 0.717) is 41.0 Å². The van der Waals surface area contributed by atoms with Crippen molar-refractivity contribution in [2.45, 2.75) is 44.6 Å². The van der Waals surface area contributed by atoms with Crippen molar-refractivity contribution in [2.24, 2.45) is 5.92 Å². The van der Waals surface area contributed by atoms with Crippen LogP contribution in [0.5, 0.6) is 5.75 Å². The Balaban J connectivity index is 1.76. The first kappa shape index (κ1) is 30.4. The van der Waals surface area contributed by atoms with Gasteiger partial charge in [-0.1, -0.05) is 69.7 Å². The summed E-state index contributed by atoms with van der Waals surface area (Å²) < 4.78 is 30.4. The number of hydrogen-bond acceptors (Lipinski definition) is 6. The maximum absolute atomic E-state index is 13.1. The molecule has 0 aliphatic rings. The number of anilines is 1. The van der Waals surface area contributed by atoms with E-state index in [9.17, 15) is 23.1 Å². The van der Waals surface area contributed by atoms with E-state index in [1.807, 2.05) is 20.8 Å². The van der Waals surface area contributed by atoms with Crippen LogP contribution in [0.4, 0.5) is 10.5 Å². The highest BCUT2D eigenvalue weighted by atomic mass is 32.2. The SMILES string of the molecule is CCCC(Oc1cccc(C(=N)N(CC(C)C)C(=O)O)c1)C(=O)Nc1ccc(-c2ccccc2S(C)(=O)=O)cc1. The van der Waals surface area contributed by atoms with Gasteiger partial charge in [-0.05, 0) is 48.2 Å². The number of amides is 2. The Morgan fingerprint density at radius 3 is 2.30 bits per heavy atom. The Kier molecular flexibility index (Phi) is 10.1. The molecular weight excluding hydrogens is 530 g/mol. The van der Waals surface area contributed by atoms with Gasteiger partial charge < -0.3 is 15.2 Å². The van der Waals surface area contributed by atoms with Crippen LogP contribution in [-0.2, 0) is 14.6 Å². The van der Waals surface area contributed by atoms with Crippen molar-refractivity contribution in [3.8, 4) is 16.9 Å². The first-order valence-corrected chi connectivity index (χ1v) is 14.9. The average Bonchev–Trinajstić information content (AvgIpc) is 2.91. The molecule has 1 atom stereocenters. The summed E-state index contributed by atoms with van der Waals surface area (Å²) in [6.07, 6.45) is 0.240. The molecule has 0 bridgehead atoms. The zero-order valence-corrected chi connectivity index (χ0v) is 23.9. The van der Waals surface area contributed by atoms with Gasteiger partial charge in [0.05, 0.1) is 4.90 Å². The minimum atomic E-state index is -3.41. The van der Waals surface area contributed by atoms with E-state index in [-0.39, 0.29) is 29.1 Å². The van der Waals surface area contributed by atoms with E-state index in [1.165, 1.54) is 6.26 Å². The van der Waals surface area contributed by atoms with Crippen LogP contribution in [0.15, 0.2) is 77.7 Å². The van der Waals surface area contributed by atoms with Crippen molar-refractivity contribution < 1.29 is 27.9 Å². The summed E-state index contributed by atoms with van der Waals surface area (Å²) in [5, 5.41) is 20.8. The summed E-state index contributed by atoms with van der Waals surface area (Å²) in [7, 11) is -3.41. The van der Waals surface area contributed by atoms with E-state index in [0.717, 1.165) is 4.90 Å². The largest absolute Gasteiger partial charge is 0.481 e. The van der Waals surface area contributed by atoms with Crippen LogP contribution in [0, 0.1) is 11.3 Å². The second-order valence-electron chi connectivity index (χ2n) is 9.89. The molecule has 0 aromatic heterocycles. The minimum Gasteiger partial charge on any atom is -0.481 e. The molecule has 0 saturated carbocycles. The van der Waals surface area contributed by atoms with E-state index in [2.05, 4.69) is 5.32 Å². The molecular formula is C30H35N3O6S. The lowest BCUT2D eigenvalue weighted by Crippen LogP contribution is -2.38. The van der Waals surface area contributed by atoms with Gasteiger partial charge in [-0.3, -0.25) is 15.1 Å². The third-order valence-electron chi connectivity index (χ3n) is 6.03. The molecule has 3 aromatic rings. The number of nitrogens with one attached hydrogen (secondary N) is 2. The molecule has 2 amide bonds. The van der Waals surface area contributed by atoms with E-state index in [4.69, 9.17) is 10.1 Å². The Hall–Kier alpha value is -4.18. The number of benzene rings is 3. The Morgan fingerprint density at radius 2 is 1.70 bits per heavy atom. The molecule has 0 saturated heterocycles. The topological polar surface area (TPSA) is 137 Å². The lowest BCUT2D eigenvalue weighted by molar-refractivity contribution is -0.123. The zero-order valence-electron chi connectivity index (χ0n) is 23.0. The number of rotatable bonds is 11. The summed E-state index contributed by atoms with van der Waals surface area (Å²) in [6.45, 7) is 5.86. The molecule has 1 unspecified atom stereocenters. The fourth-order valence-corrected chi connectivity index (χ4v) is 5.07. The van der Waals surface area contributed by atoms with Crippen molar-refractivity contribution >= 4 is 33.4 Å². The molecule has 0 radical (unpaired) electrons. The molecule has 9 nitrogen and oxygen atoms in total. The van der Waals surface area contributed by atoms with Gasteiger partial charge in [0, 0.05) is 29.6 Å². The molecule has 0 heterocycles. The number of nitrogens with zero attached hydrogens (tertiary/aromatic N) is 1. The van der Waals surface area contributed by atoms with Crippen molar-refractivity contribution in [2.75, 3.05) is 18.1 Å². The Labute approximate surface area is 235 Å². The second-order valence-corrected chi connectivity index (χ2v) is 11.9. The lowest BCUT2D eigenvalue weighted by Gasteiger charge is -2.23. The van der Waals surface area contributed by atoms with Gasteiger partial charge in [0.25, 0.3) is 5.91 Å². The zero-order chi connectivity index (χ0) is 29.4. The van der Waals surface area contributed by atoms with Gasteiger partial charge >= 0.3 is 6.09 Å². The van der Waals surface area contributed by atoms with Crippen LogP contribution >= 0.6 is 0 Å². The smallest absolute Gasteiger partial charge is 0.413 e. The Morgan fingerprint density at radius 1 is 1.02 bits per heavy atom. The standard InChI is InChI=1S/C30H35N3O6S/c1-5-9-26(39-24-11-8-10-22(18-24)28(31)33(30(35)36)19-20(2)3)29(34)32-23-16-14-21(15-17-23)25-12-6-7-13-27(25)40(4,37)38/h6-8,10-18,20,26,31H,5,9,19H2,1-4H3,(H,32,34)(H,35,36). The van der Waals surface area contributed by atoms with Gasteiger partial charge in [-0.15, -0.1) is 0 Å². The molecule has 3 N–H and O–H groups in total. The third-order valence-corrected chi connectivity index (χ3v) is 7.18. The fourth-order valence-electron chi connectivity index (χ4n) is 4.16. The molecule has 212 valence electrons. The number of carbonyl (C=O) groups excluding carboxylic acids is 1. The Bertz CT molecular complexity index is 1470. The van der Waals surface area contributed by atoms with E-state index < -0.39 is 22.0 Å². The number of carbonyl (C=O) groups is 2. The van der Waals surface area contributed by atoms with Gasteiger partial charge in [-0.2, -0.15) is 0 Å². The fraction of sp³-hybridized carbons (Fsp3) is 0.300. The first-order chi connectivity index (χ1) is 18.9. The van der Waals surface area contributed by atoms with Crippen LogP contribution in [0.3, 0.4) is 0 Å². The second kappa shape index (κ2) is 13.3. The number of carboxylic acid groups (broad SMARTS) is 1. The highest BCUT2D eigenvalue weighted by Crippen LogP contribution is 2.28. The monoisotopic (exact) mass is 565 g/mol. The maximum Gasteiger partial charge on any atom is 0.413 e. The van der Waals surface area contributed by atoms with Gasteiger partial charge in [0.15, 0.2) is 15.9 Å². The molecule has 0 spiro atoms. The predicted molar refractivity (Wildman–Crippen MR) is 156 cm³/mol. The number of ether oxygens (including phenoxy) is 1. The van der Waals surface area contributed by atoms with Crippen molar-refractivity contribution in [3.05, 3.63) is 78.4 Å². The number of amidine groups is 1. The van der Waals surface area contributed by atoms with Gasteiger partial charge in [0.1, 0.15) is 11.6 Å². The molecule has 0 aliphatic carbocycles. The molecule has 0 fully saturated rings. The number of hydrogen-bond donors (Lipinski definition) is 3. The summed E-state index contributed by atoms with van der Waals surface area (Å²) in [4.78, 5) is 26.1. The van der Waals surface area contributed by atoms with Crippen LogP contribution in [-0.4, -0.2) is 55.2 Å². The normalized spacial score (nSPS) is 12.0. The molecule has 40 heavy (non-hydrogen) atoms.